The van der Waals surface area contributed by atoms with Crippen LogP contribution in [0.3, 0.4) is 0 Å². The Morgan fingerprint density at radius 3 is 2.50 bits per heavy atom. The minimum absolute atomic E-state index is 0.0393. The van der Waals surface area contributed by atoms with E-state index in [0.29, 0.717) is 6.54 Å². The average Bonchev–Trinajstić information content (AvgIpc) is 2.35. The zero-order chi connectivity index (χ0) is 13.2. The maximum atomic E-state index is 11.3. The van der Waals surface area contributed by atoms with Crippen molar-refractivity contribution >= 4 is 11.9 Å². The van der Waals surface area contributed by atoms with Gasteiger partial charge in [0.2, 0.25) is 5.91 Å². The quantitative estimate of drug-likeness (QED) is 0.584. The predicted octanol–water partition coefficient (Wildman–Crippen LogP) is 0.410. The van der Waals surface area contributed by atoms with Crippen molar-refractivity contribution in [3.63, 3.8) is 0 Å². The lowest BCUT2D eigenvalue weighted by Gasteiger charge is -2.05. The minimum atomic E-state index is -0.966. The highest BCUT2D eigenvalue weighted by Gasteiger charge is 2.01. The van der Waals surface area contributed by atoms with Crippen molar-refractivity contribution in [2.24, 2.45) is 0 Å². The molecular formula is C13H18N2O3. The number of aryl methyl sites for hydroxylation is 1. The molecule has 3 N–H and O–H groups in total. The SMILES string of the molecule is O=C(O)CNCC(=O)NCCCc1ccccc1. The predicted molar refractivity (Wildman–Crippen MR) is 68.3 cm³/mol. The highest BCUT2D eigenvalue weighted by molar-refractivity contribution is 5.78. The van der Waals surface area contributed by atoms with Crippen LogP contribution in [-0.2, 0) is 16.0 Å². The van der Waals surface area contributed by atoms with Crippen LogP contribution in [0.25, 0.3) is 0 Å². The maximum absolute atomic E-state index is 11.3. The number of carbonyl (C=O) groups is 2. The Labute approximate surface area is 106 Å². The zero-order valence-corrected chi connectivity index (χ0v) is 10.2. The number of carboxylic acid groups (broad SMARTS) is 1. The van der Waals surface area contributed by atoms with Gasteiger partial charge in [-0.25, -0.2) is 0 Å². The summed E-state index contributed by atoms with van der Waals surface area (Å²) in [5.41, 5.74) is 1.25. The normalized spacial score (nSPS) is 10.0. The molecule has 5 heteroatoms. The monoisotopic (exact) mass is 250 g/mol. The molecular weight excluding hydrogens is 232 g/mol. The molecule has 0 saturated carbocycles. The van der Waals surface area contributed by atoms with Gasteiger partial charge in [-0.05, 0) is 18.4 Å². The molecule has 0 aliphatic rings. The fourth-order valence-electron chi connectivity index (χ4n) is 1.51. The van der Waals surface area contributed by atoms with Crippen molar-refractivity contribution in [1.29, 1.82) is 0 Å². The topological polar surface area (TPSA) is 78.4 Å². The number of amides is 1. The number of carboxylic acids is 1. The van der Waals surface area contributed by atoms with Gasteiger partial charge < -0.3 is 10.4 Å². The van der Waals surface area contributed by atoms with E-state index in [9.17, 15) is 9.59 Å². The number of aliphatic carboxylic acids is 1. The molecule has 0 heterocycles. The Morgan fingerprint density at radius 2 is 1.83 bits per heavy atom. The summed E-state index contributed by atoms with van der Waals surface area (Å²) in [5.74, 6) is -1.14. The van der Waals surface area contributed by atoms with Gasteiger partial charge in [0, 0.05) is 6.54 Å². The van der Waals surface area contributed by atoms with Crippen LogP contribution in [0.4, 0.5) is 0 Å². The van der Waals surface area contributed by atoms with Crippen molar-refractivity contribution in [2.75, 3.05) is 19.6 Å². The summed E-state index contributed by atoms with van der Waals surface area (Å²) in [6.45, 7) is 0.442. The van der Waals surface area contributed by atoms with E-state index in [0.717, 1.165) is 12.8 Å². The summed E-state index contributed by atoms with van der Waals surface area (Å²) in [6.07, 6.45) is 1.79. The standard InChI is InChI=1S/C13H18N2O3/c16-12(9-14-10-13(17)18)15-8-4-7-11-5-2-1-3-6-11/h1-3,5-6,14H,4,7-10H2,(H,15,16)(H,17,18). The third-order valence-electron chi connectivity index (χ3n) is 2.37. The molecule has 98 valence electrons. The van der Waals surface area contributed by atoms with Gasteiger partial charge in [-0.1, -0.05) is 30.3 Å². The molecule has 1 amide bonds. The smallest absolute Gasteiger partial charge is 0.317 e. The molecule has 5 nitrogen and oxygen atoms in total. The highest BCUT2D eigenvalue weighted by Crippen LogP contribution is 2.01. The molecule has 0 aromatic heterocycles. The molecule has 0 aliphatic heterocycles. The van der Waals surface area contributed by atoms with Gasteiger partial charge in [0.05, 0.1) is 13.1 Å². The summed E-state index contributed by atoms with van der Waals surface area (Å²) in [5, 5.41) is 13.6. The van der Waals surface area contributed by atoms with Crippen molar-refractivity contribution < 1.29 is 14.7 Å². The summed E-state index contributed by atoms with van der Waals surface area (Å²) >= 11 is 0. The molecule has 18 heavy (non-hydrogen) atoms. The molecule has 0 saturated heterocycles. The third kappa shape index (κ3) is 6.65. The Balaban J connectivity index is 2.04. The lowest BCUT2D eigenvalue weighted by Crippen LogP contribution is -2.36. The fraction of sp³-hybridized carbons (Fsp3) is 0.385. The number of carbonyl (C=O) groups excluding carboxylic acids is 1. The number of hydrogen-bond acceptors (Lipinski definition) is 3. The Kier molecular flexibility index (Phi) is 6.50. The molecule has 0 radical (unpaired) electrons. The second-order valence-corrected chi connectivity index (χ2v) is 3.94. The second-order valence-electron chi connectivity index (χ2n) is 3.94. The molecule has 0 unspecified atom stereocenters. The van der Waals surface area contributed by atoms with Crippen molar-refractivity contribution in [2.45, 2.75) is 12.8 Å². The zero-order valence-electron chi connectivity index (χ0n) is 10.2. The number of hydrogen-bond donors (Lipinski definition) is 3. The number of rotatable bonds is 8. The van der Waals surface area contributed by atoms with Crippen LogP contribution in [0.5, 0.6) is 0 Å². The van der Waals surface area contributed by atoms with Gasteiger partial charge in [-0.2, -0.15) is 0 Å². The molecule has 0 atom stereocenters. The molecule has 0 spiro atoms. The van der Waals surface area contributed by atoms with E-state index < -0.39 is 5.97 Å². The van der Waals surface area contributed by atoms with Crippen LogP contribution < -0.4 is 10.6 Å². The highest BCUT2D eigenvalue weighted by atomic mass is 16.4. The van der Waals surface area contributed by atoms with Gasteiger partial charge in [0.15, 0.2) is 0 Å². The van der Waals surface area contributed by atoms with Crippen LogP contribution in [0, 0.1) is 0 Å². The maximum Gasteiger partial charge on any atom is 0.317 e. The fourth-order valence-corrected chi connectivity index (χ4v) is 1.51. The Hall–Kier alpha value is -1.88. The van der Waals surface area contributed by atoms with E-state index in [1.165, 1.54) is 5.56 Å². The molecule has 0 aliphatic carbocycles. The van der Waals surface area contributed by atoms with Crippen LogP contribution in [0.2, 0.25) is 0 Å². The van der Waals surface area contributed by atoms with Crippen LogP contribution in [-0.4, -0.2) is 36.6 Å². The van der Waals surface area contributed by atoms with Gasteiger partial charge in [-0.15, -0.1) is 0 Å². The first kappa shape index (κ1) is 14.2. The van der Waals surface area contributed by atoms with Gasteiger partial charge in [0.1, 0.15) is 0 Å². The van der Waals surface area contributed by atoms with E-state index >= 15 is 0 Å². The number of nitrogens with one attached hydrogen (secondary N) is 2. The summed E-state index contributed by atoms with van der Waals surface area (Å²) in [7, 11) is 0. The van der Waals surface area contributed by atoms with Crippen molar-refractivity contribution in [1.82, 2.24) is 10.6 Å². The second kappa shape index (κ2) is 8.25. The van der Waals surface area contributed by atoms with Crippen molar-refractivity contribution in [3.8, 4) is 0 Å². The van der Waals surface area contributed by atoms with E-state index in [4.69, 9.17) is 5.11 Å². The summed E-state index contributed by atoms with van der Waals surface area (Å²) < 4.78 is 0. The summed E-state index contributed by atoms with van der Waals surface area (Å²) in [4.78, 5) is 21.5. The van der Waals surface area contributed by atoms with Crippen LogP contribution in [0.15, 0.2) is 30.3 Å². The molecule has 1 aromatic carbocycles. The largest absolute Gasteiger partial charge is 0.480 e. The van der Waals surface area contributed by atoms with E-state index in [2.05, 4.69) is 22.8 Å². The van der Waals surface area contributed by atoms with Gasteiger partial charge in [-0.3, -0.25) is 14.9 Å². The molecule has 0 bridgehead atoms. The molecule has 0 fully saturated rings. The van der Waals surface area contributed by atoms with E-state index in [1.807, 2.05) is 18.2 Å². The van der Waals surface area contributed by atoms with Crippen LogP contribution in [0.1, 0.15) is 12.0 Å². The Morgan fingerprint density at radius 1 is 1.11 bits per heavy atom. The summed E-state index contributed by atoms with van der Waals surface area (Å²) in [6, 6.07) is 10.1. The Bertz CT molecular complexity index is 379. The van der Waals surface area contributed by atoms with Gasteiger partial charge >= 0.3 is 5.97 Å². The van der Waals surface area contributed by atoms with E-state index in [-0.39, 0.29) is 19.0 Å². The average molecular weight is 250 g/mol. The van der Waals surface area contributed by atoms with Crippen molar-refractivity contribution in [3.05, 3.63) is 35.9 Å². The van der Waals surface area contributed by atoms with Crippen LogP contribution >= 0.6 is 0 Å². The first-order valence-electron chi connectivity index (χ1n) is 5.91. The van der Waals surface area contributed by atoms with E-state index in [1.54, 1.807) is 0 Å². The van der Waals surface area contributed by atoms with Gasteiger partial charge in [0.25, 0.3) is 0 Å². The number of benzene rings is 1. The first-order valence-corrected chi connectivity index (χ1v) is 5.91. The molecule has 1 rings (SSSR count). The first-order chi connectivity index (χ1) is 8.68. The lowest BCUT2D eigenvalue weighted by atomic mass is 10.1. The lowest BCUT2D eigenvalue weighted by molar-refractivity contribution is -0.136. The third-order valence-corrected chi connectivity index (χ3v) is 2.37. The molecule has 1 aromatic rings. The minimum Gasteiger partial charge on any atom is -0.480 e.